The topological polar surface area (TPSA) is 188 Å². The number of carbonyl (C=O) groups excluding carboxylic acids is 4. The van der Waals surface area contributed by atoms with Gasteiger partial charge in [-0.3, -0.25) is 19.3 Å². The summed E-state index contributed by atoms with van der Waals surface area (Å²) in [6.07, 6.45) is 6.08. The maximum atomic E-state index is 14.0. The van der Waals surface area contributed by atoms with E-state index in [9.17, 15) is 39.6 Å². The third kappa shape index (κ3) is 3.65. The standard InChI is InChI=1S/C29H30N2O9/c1-31(2)23-18-10-12-9-17-16(15-5-4-14(40-3)8-13(15)11-32)6-7-19(33)21(17)24(34)20(12)26(36)29(18,39)27(37)22(25(23)35)28(30)38/h4-8,11-13,15,18,23,33-34,37,39H,9-10H2,1-3H3,(H2,30,38)/t12-,13?,15?,18-,23-,29-/m0/s1. The highest BCUT2D eigenvalue weighted by atomic mass is 16.5. The number of phenols is 1. The van der Waals surface area contributed by atoms with Crippen LogP contribution >= 0.6 is 0 Å². The zero-order valence-corrected chi connectivity index (χ0v) is 22.1. The van der Waals surface area contributed by atoms with Gasteiger partial charge in [-0.1, -0.05) is 12.1 Å². The Labute approximate surface area is 229 Å². The van der Waals surface area contributed by atoms with Gasteiger partial charge in [0.1, 0.15) is 34.9 Å². The number of primary amides is 1. The Kier molecular flexibility index (Phi) is 6.47. The van der Waals surface area contributed by atoms with E-state index < -0.39 is 69.9 Å². The molecule has 0 radical (unpaired) electrons. The number of nitrogens with zero attached hydrogens (tertiary/aromatic N) is 1. The molecule has 0 aliphatic heterocycles. The molecule has 4 aliphatic carbocycles. The molecule has 0 aromatic heterocycles. The molecule has 11 nitrogen and oxygen atoms in total. The van der Waals surface area contributed by atoms with Gasteiger partial charge in [0, 0.05) is 23.3 Å². The van der Waals surface area contributed by atoms with Crippen LogP contribution in [0.4, 0.5) is 0 Å². The molecule has 1 amide bonds. The lowest BCUT2D eigenvalue weighted by Crippen LogP contribution is -2.65. The minimum Gasteiger partial charge on any atom is -0.508 e. The first-order valence-electron chi connectivity index (χ1n) is 12.8. The number of aliphatic hydroxyl groups is 3. The summed E-state index contributed by atoms with van der Waals surface area (Å²) in [6.45, 7) is 0. The zero-order chi connectivity index (χ0) is 29.3. The number of likely N-dealkylation sites (N-methyl/N-ethyl adjacent to an activating group) is 1. The van der Waals surface area contributed by atoms with Crippen molar-refractivity contribution in [3.05, 3.63) is 69.7 Å². The van der Waals surface area contributed by atoms with Gasteiger partial charge in [0.25, 0.3) is 5.91 Å². The molecular formula is C29H30N2O9. The van der Waals surface area contributed by atoms with Crippen molar-refractivity contribution in [1.29, 1.82) is 0 Å². The van der Waals surface area contributed by atoms with Gasteiger partial charge in [-0.2, -0.15) is 0 Å². The number of hydrogen-bond donors (Lipinski definition) is 5. The molecule has 0 spiro atoms. The quantitative estimate of drug-likeness (QED) is 0.261. The smallest absolute Gasteiger partial charge is 0.255 e. The van der Waals surface area contributed by atoms with E-state index in [1.807, 2.05) is 0 Å². The number of carbonyl (C=O) groups is 4. The van der Waals surface area contributed by atoms with Gasteiger partial charge in [-0.25, -0.2) is 0 Å². The summed E-state index contributed by atoms with van der Waals surface area (Å²) in [5.41, 5.74) is 2.70. The second-order valence-electron chi connectivity index (χ2n) is 10.9. The number of nitrogens with two attached hydrogens (primary N) is 1. The Morgan fingerprint density at radius 1 is 1.20 bits per heavy atom. The summed E-state index contributed by atoms with van der Waals surface area (Å²) in [6, 6.07) is 1.84. The summed E-state index contributed by atoms with van der Waals surface area (Å²) >= 11 is 0. The van der Waals surface area contributed by atoms with Gasteiger partial charge < -0.3 is 35.7 Å². The van der Waals surface area contributed by atoms with Gasteiger partial charge in [-0.05, 0) is 62.2 Å². The molecule has 0 heterocycles. The molecule has 1 saturated carbocycles. The van der Waals surface area contributed by atoms with Crippen molar-refractivity contribution < 1.29 is 44.3 Å². The highest BCUT2D eigenvalue weighted by Crippen LogP contribution is 2.53. The number of aldehydes is 1. The predicted octanol–water partition coefficient (Wildman–Crippen LogP) is 0.963. The van der Waals surface area contributed by atoms with E-state index in [1.54, 1.807) is 38.4 Å². The van der Waals surface area contributed by atoms with E-state index >= 15 is 0 Å². The number of ketones is 2. The molecule has 6 N–H and O–H groups in total. The Morgan fingerprint density at radius 3 is 2.50 bits per heavy atom. The van der Waals surface area contributed by atoms with E-state index in [-0.39, 0.29) is 29.7 Å². The number of fused-ring (bicyclic) bond motifs is 3. The minimum atomic E-state index is -2.70. The lowest BCUT2D eigenvalue weighted by molar-refractivity contribution is -0.153. The van der Waals surface area contributed by atoms with Gasteiger partial charge in [0.15, 0.2) is 11.4 Å². The number of allylic oxidation sites excluding steroid dienone is 3. The lowest BCUT2D eigenvalue weighted by Gasteiger charge is -2.50. The number of aromatic hydroxyl groups is 1. The van der Waals surface area contributed by atoms with Crippen LogP contribution in [0.1, 0.15) is 29.0 Å². The average Bonchev–Trinajstić information content (AvgIpc) is 2.90. The SMILES string of the molecule is COC1=CC(C=O)C(c2ccc(O)c3c2C[C@H]2C[C@H]4[C@H](N(C)C)C(=O)C(C(N)=O)=C(O)[C@@]4(O)C(=O)C2=C3O)C=C1. The third-order valence-corrected chi connectivity index (χ3v) is 8.63. The lowest BCUT2D eigenvalue weighted by atomic mass is 9.57. The Hall–Kier alpha value is -4.22. The van der Waals surface area contributed by atoms with E-state index in [1.165, 1.54) is 18.1 Å². The van der Waals surface area contributed by atoms with E-state index in [4.69, 9.17) is 10.5 Å². The second-order valence-corrected chi connectivity index (χ2v) is 10.9. The number of ether oxygens (including phenoxy) is 1. The van der Waals surface area contributed by atoms with Crippen LogP contribution < -0.4 is 5.73 Å². The largest absolute Gasteiger partial charge is 0.508 e. The molecule has 40 heavy (non-hydrogen) atoms. The van der Waals surface area contributed by atoms with E-state index in [0.29, 0.717) is 16.9 Å². The molecule has 5 rings (SSSR count). The van der Waals surface area contributed by atoms with Crippen molar-refractivity contribution in [3.8, 4) is 5.75 Å². The first-order chi connectivity index (χ1) is 18.9. The molecule has 210 valence electrons. The molecule has 0 bridgehead atoms. The summed E-state index contributed by atoms with van der Waals surface area (Å²) in [7, 11) is 4.57. The van der Waals surface area contributed by atoms with Crippen molar-refractivity contribution >= 4 is 29.5 Å². The number of benzene rings is 1. The maximum absolute atomic E-state index is 14.0. The molecule has 0 saturated heterocycles. The molecule has 2 unspecified atom stereocenters. The van der Waals surface area contributed by atoms with Gasteiger partial charge in [0.2, 0.25) is 5.78 Å². The molecular weight excluding hydrogens is 520 g/mol. The Morgan fingerprint density at radius 2 is 1.90 bits per heavy atom. The number of rotatable bonds is 5. The molecule has 6 atom stereocenters. The van der Waals surface area contributed by atoms with E-state index in [2.05, 4.69) is 0 Å². The number of methoxy groups -OCH3 is 1. The zero-order valence-electron chi connectivity index (χ0n) is 22.1. The first kappa shape index (κ1) is 27.4. The van der Waals surface area contributed by atoms with Crippen molar-refractivity contribution in [3.63, 3.8) is 0 Å². The Bertz CT molecular complexity index is 1480. The van der Waals surface area contributed by atoms with Crippen LogP contribution in [0.3, 0.4) is 0 Å². The molecule has 4 aliphatic rings. The van der Waals surface area contributed by atoms with Crippen LogP contribution in [0.5, 0.6) is 5.75 Å². The second kappa shape index (κ2) is 9.46. The van der Waals surface area contributed by atoms with Gasteiger partial charge in [-0.15, -0.1) is 0 Å². The minimum absolute atomic E-state index is 0.0200. The molecule has 1 fully saturated rings. The van der Waals surface area contributed by atoms with Gasteiger partial charge in [0.05, 0.1) is 18.7 Å². The highest BCUT2D eigenvalue weighted by molar-refractivity contribution is 6.24. The number of amides is 1. The predicted molar refractivity (Wildman–Crippen MR) is 141 cm³/mol. The fourth-order valence-corrected chi connectivity index (χ4v) is 6.83. The normalized spacial score (nSPS) is 31.4. The van der Waals surface area contributed by atoms with Crippen LogP contribution in [-0.4, -0.2) is 81.9 Å². The summed E-state index contributed by atoms with van der Waals surface area (Å²) < 4.78 is 5.25. The summed E-state index contributed by atoms with van der Waals surface area (Å²) in [5, 5.41) is 44.9. The van der Waals surface area contributed by atoms with Crippen LogP contribution in [0.15, 0.2) is 53.0 Å². The van der Waals surface area contributed by atoms with Crippen LogP contribution in [0.25, 0.3) is 5.76 Å². The van der Waals surface area contributed by atoms with Crippen molar-refractivity contribution in [2.24, 2.45) is 23.5 Å². The third-order valence-electron chi connectivity index (χ3n) is 8.63. The van der Waals surface area contributed by atoms with Crippen LogP contribution in [-0.2, 0) is 30.3 Å². The van der Waals surface area contributed by atoms with Crippen molar-refractivity contribution in [2.75, 3.05) is 21.2 Å². The molecule has 1 aromatic rings. The summed E-state index contributed by atoms with van der Waals surface area (Å²) in [5.74, 6) is -7.62. The maximum Gasteiger partial charge on any atom is 0.255 e. The molecule has 11 heteroatoms. The molecule has 1 aromatic carbocycles. The number of aliphatic hydroxyl groups excluding tert-OH is 2. The first-order valence-corrected chi connectivity index (χ1v) is 12.8. The number of Topliss-reactive ketones (excluding diaryl/α,β-unsaturated/α-hetero) is 2. The van der Waals surface area contributed by atoms with Gasteiger partial charge >= 0.3 is 0 Å². The van der Waals surface area contributed by atoms with Crippen molar-refractivity contribution in [2.45, 2.75) is 30.4 Å². The highest BCUT2D eigenvalue weighted by Gasteiger charge is 2.64. The van der Waals surface area contributed by atoms with Crippen LogP contribution in [0.2, 0.25) is 0 Å². The average molecular weight is 551 g/mol. The summed E-state index contributed by atoms with van der Waals surface area (Å²) in [4.78, 5) is 52.7. The fourth-order valence-electron chi connectivity index (χ4n) is 6.83. The Balaban J connectivity index is 1.70. The fraction of sp³-hybridized carbons (Fsp3) is 0.379. The van der Waals surface area contributed by atoms with E-state index in [0.717, 1.165) is 6.29 Å². The number of phenolic OH excluding ortho intramolecular Hbond substituents is 1. The van der Waals surface area contributed by atoms with Crippen molar-refractivity contribution in [1.82, 2.24) is 4.90 Å². The number of hydrogen-bond acceptors (Lipinski definition) is 10. The van der Waals surface area contributed by atoms with Crippen LogP contribution in [0, 0.1) is 17.8 Å². The monoisotopic (exact) mass is 550 g/mol.